The number of aromatic nitrogens is 2. The van der Waals surface area contributed by atoms with Gasteiger partial charge >= 0.3 is 0 Å². The van der Waals surface area contributed by atoms with Gasteiger partial charge in [0.25, 0.3) is 12.0 Å². The number of aryl methyl sites for hydroxylation is 1. The third-order valence-corrected chi connectivity index (χ3v) is 1.79. The molecule has 84 valence electrons. The average molecular weight is 219 g/mol. The number of aliphatic hydroxyl groups excluding tert-OH is 1. The van der Waals surface area contributed by atoms with E-state index < -0.39 is 24.6 Å². The molecular weight excluding hydrogens is 208 g/mol. The van der Waals surface area contributed by atoms with E-state index in [2.05, 4.69) is 10.3 Å². The van der Waals surface area contributed by atoms with Crippen LogP contribution in [0.4, 0.5) is 14.6 Å². The van der Waals surface area contributed by atoms with Crippen molar-refractivity contribution in [2.24, 2.45) is 7.05 Å². The van der Waals surface area contributed by atoms with Crippen molar-refractivity contribution in [3.8, 4) is 0 Å². The number of nitrogens with zero attached hydrogens (tertiary/aromatic N) is 2. The molecule has 0 bridgehead atoms. The fourth-order valence-corrected chi connectivity index (χ4v) is 0.909. The lowest BCUT2D eigenvalue weighted by Crippen LogP contribution is -2.30. The summed E-state index contributed by atoms with van der Waals surface area (Å²) in [7, 11) is 1.51. The summed E-state index contributed by atoms with van der Waals surface area (Å²) < 4.78 is 25.1. The molecule has 0 spiro atoms. The molecule has 0 amide bonds. The molecule has 1 heterocycles. The first-order valence-electron chi connectivity index (χ1n) is 4.24. The minimum Gasteiger partial charge on any atom is -0.385 e. The van der Waals surface area contributed by atoms with E-state index in [4.69, 9.17) is 5.11 Å². The van der Waals surface area contributed by atoms with Crippen LogP contribution in [-0.4, -0.2) is 33.7 Å². The lowest BCUT2D eigenvalue weighted by Gasteiger charge is -2.10. The number of hydrogen-bond acceptors (Lipinski definition) is 4. The predicted octanol–water partition coefficient (Wildman–Crippen LogP) is -0.182. The Balaban J connectivity index is 2.66. The van der Waals surface area contributed by atoms with Gasteiger partial charge in [-0.15, -0.1) is 0 Å². The number of alkyl halides is 2. The zero-order valence-corrected chi connectivity index (χ0v) is 8.02. The van der Waals surface area contributed by atoms with Crippen molar-refractivity contribution in [1.29, 1.82) is 0 Å². The molecule has 0 saturated carbocycles. The molecule has 1 atom stereocenters. The summed E-state index contributed by atoms with van der Waals surface area (Å²) >= 11 is 0. The number of halogens is 2. The molecule has 0 saturated heterocycles. The smallest absolute Gasteiger partial charge is 0.293 e. The highest BCUT2D eigenvalue weighted by Gasteiger charge is 2.16. The van der Waals surface area contributed by atoms with E-state index in [1.54, 1.807) is 0 Å². The summed E-state index contributed by atoms with van der Waals surface area (Å²) in [5.41, 5.74) is -0.432. The van der Waals surface area contributed by atoms with Gasteiger partial charge in [0.2, 0.25) is 0 Å². The Hall–Kier alpha value is -1.50. The van der Waals surface area contributed by atoms with Crippen molar-refractivity contribution in [3.05, 3.63) is 22.7 Å². The van der Waals surface area contributed by atoms with Gasteiger partial charge in [-0.3, -0.25) is 4.79 Å². The van der Waals surface area contributed by atoms with Crippen molar-refractivity contribution in [2.45, 2.75) is 12.5 Å². The first kappa shape index (κ1) is 11.6. The zero-order valence-electron chi connectivity index (χ0n) is 8.02. The number of rotatable bonds is 4. The maximum atomic E-state index is 11.9. The summed E-state index contributed by atoms with van der Waals surface area (Å²) in [4.78, 5) is 15.0. The fraction of sp³-hybridized carbons (Fsp3) is 0.500. The monoisotopic (exact) mass is 219 g/mol. The number of nitrogens with one attached hydrogen (secondary N) is 1. The zero-order chi connectivity index (χ0) is 11.4. The fourth-order valence-electron chi connectivity index (χ4n) is 0.909. The Morgan fingerprint density at radius 2 is 2.33 bits per heavy atom. The van der Waals surface area contributed by atoms with E-state index in [1.807, 2.05) is 0 Å². The molecule has 2 N–H and O–H groups in total. The van der Waals surface area contributed by atoms with Crippen molar-refractivity contribution >= 4 is 5.82 Å². The van der Waals surface area contributed by atoms with E-state index in [0.717, 1.165) is 0 Å². The second-order valence-electron chi connectivity index (χ2n) is 2.97. The maximum Gasteiger partial charge on any atom is 0.293 e. The van der Waals surface area contributed by atoms with Gasteiger partial charge in [0.05, 0.1) is 0 Å². The Morgan fingerprint density at radius 3 is 2.93 bits per heavy atom. The first-order chi connectivity index (χ1) is 7.02. The third kappa shape index (κ3) is 2.98. The summed E-state index contributed by atoms with van der Waals surface area (Å²) in [6.45, 7) is -0.413. The molecular formula is C8H11F2N3O2. The predicted molar refractivity (Wildman–Crippen MR) is 50.0 cm³/mol. The van der Waals surface area contributed by atoms with Crippen LogP contribution in [0.1, 0.15) is 0 Å². The summed E-state index contributed by atoms with van der Waals surface area (Å²) in [6, 6.07) is 0. The molecule has 0 radical (unpaired) electrons. The molecule has 0 fully saturated rings. The summed E-state index contributed by atoms with van der Waals surface area (Å²) in [6.07, 6.45) is -1.85. The van der Waals surface area contributed by atoms with Crippen molar-refractivity contribution < 1.29 is 13.9 Å². The highest BCUT2D eigenvalue weighted by Crippen LogP contribution is 2.01. The van der Waals surface area contributed by atoms with Crippen LogP contribution >= 0.6 is 0 Å². The average Bonchev–Trinajstić information content (AvgIpc) is 2.19. The standard InChI is InChI=1S/C8H11F2N3O2/c1-13-3-2-11-7(8(13)15)12-4-5(14)6(9)10/h2-3,5-6,14H,4H2,1H3,(H,11,12). The van der Waals surface area contributed by atoms with E-state index in [1.165, 1.54) is 24.0 Å². The molecule has 1 unspecified atom stereocenters. The number of aliphatic hydroxyl groups is 1. The highest BCUT2D eigenvalue weighted by molar-refractivity contribution is 5.30. The van der Waals surface area contributed by atoms with Gasteiger partial charge in [0.15, 0.2) is 5.82 Å². The van der Waals surface area contributed by atoms with Crippen LogP contribution in [0.2, 0.25) is 0 Å². The van der Waals surface area contributed by atoms with Gasteiger partial charge in [-0.25, -0.2) is 13.8 Å². The lowest BCUT2D eigenvalue weighted by atomic mass is 10.3. The minimum absolute atomic E-state index is 0.0558. The van der Waals surface area contributed by atoms with E-state index >= 15 is 0 Å². The van der Waals surface area contributed by atoms with Crippen molar-refractivity contribution in [1.82, 2.24) is 9.55 Å². The van der Waals surface area contributed by atoms with Crippen molar-refractivity contribution in [3.63, 3.8) is 0 Å². The molecule has 0 aliphatic heterocycles. The quantitative estimate of drug-likeness (QED) is 0.737. The van der Waals surface area contributed by atoms with Gasteiger partial charge in [-0.05, 0) is 0 Å². The highest BCUT2D eigenvalue weighted by atomic mass is 19.3. The Labute approximate surface area is 84.4 Å². The third-order valence-electron chi connectivity index (χ3n) is 1.79. The number of hydrogen-bond donors (Lipinski definition) is 2. The largest absolute Gasteiger partial charge is 0.385 e. The second-order valence-corrected chi connectivity index (χ2v) is 2.97. The molecule has 7 heteroatoms. The Kier molecular flexibility index (Phi) is 3.73. The molecule has 5 nitrogen and oxygen atoms in total. The van der Waals surface area contributed by atoms with E-state index in [9.17, 15) is 13.6 Å². The van der Waals surface area contributed by atoms with E-state index in [0.29, 0.717) is 0 Å². The molecule has 1 rings (SSSR count). The SMILES string of the molecule is Cn1ccnc(NCC(O)C(F)F)c1=O. The minimum atomic E-state index is -2.84. The molecule has 0 aliphatic carbocycles. The molecule has 1 aromatic rings. The van der Waals surface area contributed by atoms with E-state index in [-0.39, 0.29) is 5.82 Å². The topological polar surface area (TPSA) is 67.2 Å². The summed E-state index contributed by atoms with van der Waals surface area (Å²) in [5, 5.41) is 11.2. The van der Waals surface area contributed by atoms with Crippen LogP contribution in [0.5, 0.6) is 0 Å². The molecule has 15 heavy (non-hydrogen) atoms. The van der Waals surface area contributed by atoms with Gasteiger partial charge in [-0.1, -0.05) is 0 Å². The molecule has 0 aromatic carbocycles. The molecule has 1 aromatic heterocycles. The van der Waals surface area contributed by atoms with Crippen LogP contribution in [0, 0.1) is 0 Å². The Morgan fingerprint density at radius 1 is 1.67 bits per heavy atom. The second kappa shape index (κ2) is 4.83. The van der Waals surface area contributed by atoms with Crippen LogP contribution in [0.15, 0.2) is 17.2 Å². The molecule has 0 aliphatic rings. The Bertz CT molecular complexity index is 380. The lowest BCUT2D eigenvalue weighted by molar-refractivity contribution is 0.00379. The first-order valence-corrected chi connectivity index (χ1v) is 4.24. The van der Waals surface area contributed by atoms with Gasteiger partial charge < -0.3 is 15.0 Å². The van der Waals surface area contributed by atoms with Gasteiger partial charge in [0.1, 0.15) is 6.10 Å². The summed E-state index contributed by atoms with van der Waals surface area (Å²) in [5.74, 6) is -0.0558. The van der Waals surface area contributed by atoms with Crippen LogP contribution < -0.4 is 10.9 Å². The van der Waals surface area contributed by atoms with Crippen LogP contribution in [-0.2, 0) is 7.05 Å². The van der Waals surface area contributed by atoms with Crippen LogP contribution in [0.3, 0.4) is 0 Å². The van der Waals surface area contributed by atoms with Crippen molar-refractivity contribution in [2.75, 3.05) is 11.9 Å². The van der Waals surface area contributed by atoms with Gasteiger partial charge in [0, 0.05) is 26.0 Å². The number of anilines is 1. The maximum absolute atomic E-state index is 11.9. The van der Waals surface area contributed by atoms with Crippen LogP contribution in [0.25, 0.3) is 0 Å². The normalized spacial score (nSPS) is 12.9. The van der Waals surface area contributed by atoms with Gasteiger partial charge in [-0.2, -0.15) is 0 Å².